The highest BCUT2D eigenvalue weighted by molar-refractivity contribution is 6.40. The van der Waals surface area contributed by atoms with Crippen LogP contribution in [0.2, 0.25) is 15.1 Å². The van der Waals surface area contributed by atoms with E-state index in [2.05, 4.69) is 45.8 Å². The molecule has 0 bridgehead atoms. The van der Waals surface area contributed by atoms with E-state index in [0.29, 0.717) is 34.6 Å². The Bertz CT molecular complexity index is 1610. The van der Waals surface area contributed by atoms with Gasteiger partial charge in [-0.15, -0.1) is 10.2 Å². The fourth-order valence-electron chi connectivity index (χ4n) is 4.31. The fraction of sp³-hybridized carbons (Fsp3) is 0.481. The number of azo groups is 1. The molecule has 206 valence electrons. The smallest absolute Gasteiger partial charge is 0.196 e. The SMILES string of the molecule is Cc1nn(CC(C)C)c2c(N=Nc3c(C#N)c(C(C)(C)C)nn3-c3c(Cl)cc(Cl)cc3Cl)c(C(C)(C)C)nn12. The maximum Gasteiger partial charge on any atom is 0.196 e. The van der Waals surface area contributed by atoms with E-state index in [1.165, 1.54) is 4.68 Å². The van der Waals surface area contributed by atoms with Gasteiger partial charge in [-0.1, -0.05) is 90.2 Å². The Kier molecular flexibility index (Phi) is 7.63. The lowest BCUT2D eigenvalue weighted by atomic mass is 9.90. The minimum atomic E-state index is -0.472. The average Bonchev–Trinajstić information content (AvgIpc) is 3.43. The molecule has 0 N–H and O–H groups in total. The molecular formula is C27H32Cl3N9. The second kappa shape index (κ2) is 10.2. The van der Waals surface area contributed by atoms with Crippen molar-refractivity contribution in [2.45, 2.75) is 79.7 Å². The molecule has 1 aromatic carbocycles. The molecule has 12 heteroatoms. The average molecular weight is 589 g/mol. The van der Waals surface area contributed by atoms with Crippen LogP contribution in [-0.4, -0.2) is 29.2 Å². The Labute approximate surface area is 243 Å². The third-order valence-corrected chi connectivity index (χ3v) is 6.82. The predicted octanol–water partition coefficient (Wildman–Crippen LogP) is 8.52. The fourth-order valence-corrected chi connectivity index (χ4v) is 5.29. The molecular weight excluding hydrogens is 557 g/mol. The van der Waals surface area contributed by atoms with Crippen molar-refractivity contribution in [1.82, 2.24) is 29.2 Å². The van der Waals surface area contributed by atoms with Crippen molar-refractivity contribution in [2.24, 2.45) is 16.1 Å². The number of nitrogens with zero attached hydrogens (tertiary/aromatic N) is 9. The Balaban J connectivity index is 2.05. The third kappa shape index (κ3) is 5.43. The molecule has 0 fully saturated rings. The molecule has 3 aromatic heterocycles. The van der Waals surface area contributed by atoms with E-state index in [0.717, 1.165) is 17.2 Å². The van der Waals surface area contributed by atoms with Crippen LogP contribution in [0.25, 0.3) is 11.3 Å². The first-order chi connectivity index (χ1) is 18.0. The topological polar surface area (TPSA) is 101 Å². The number of hydrogen-bond donors (Lipinski definition) is 0. The lowest BCUT2D eigenvalue weighted by Gasteiger charge is -2.15. The zero-order valence-corrected chi connectivity index (χ0v) is 25.9. The van der Waals surface area contributed by atoms with E-state index in [9.17, 15) is 5.26 Å². The maximum absolute atomic E-state index is 10.2. The van der Waals surface area contributed by atoms with E-state index in [4.69, 9.17) is 55.2 Å². The normalized spacial score (nSPS) is 12.8. The summed E-state index contributed by atoms with van der Waals surface area (Å²) < 4.78 is 5.18. The zero-order valence-electron chi connectivity index (χ0n) is 23.6. The van der Waals surface area contributed by atoms with Gasteiger partial charge in [0.05, 0.1) is 21.4 Å². The number of fused-ring (bicyclic) bond motifs is 1. The molecule has 3 heterocycles. The zero-order chi connectivity index (χ0) is 29.0. The first kappa shape index (κ1) is 29.1. The summed E-state index contributed by atoms with van der Waals surface area (Å²) in [5.74, 6) is 1.30. The molecule has 4 rings (SSSR count). The van der Waals surface area contributed by atoms with Gasteiger partial charge in [-0.05, 0) is 25.0 Å². The van der Waals surface area contributed by atoms with Crippen molar-refractivity contribution in [3.05, 3.63) is 50.0 Å². The summed E-state index contributed by atoms with van der Waals surface area (Å²) in [6.45, 7) is 19.0. The number of nitriles is 1. The van der Waals surface area contributed by atoms with E-state index >= 15 is 0 Å². The van der Waals surface area contributed by atoms with Crippen LogP contribution in [0.5, 0.6) is 0 Å². The first-order valence-corrected chi connectivity index (χ1v) is 13.7. The quantitative estimate of drug-likeness (QED) is 0.218. The lowest BCUT2D eigenvalue weighted by Crippen LogP contribution is -2.14. The molecule has 4 aromatic rings. The van der Waals surface area contributed by atoms with E-state index in [1.807, 2.05) is 32.4 Å². The van der Waals surface area contributed by atoms with Crippen molar-refractivity contribution < 1.29 is 0 Å². The summed E-state index contributed by atoms with van der Waals surface area (Å²) in [4.78, 5) is 0. The number of benzene rings is 1. The van der Waals surface area contributed by atoms with Crippen molar-refractivity contribution in [1.29, 1.82) is 5.26 Å². The molecule has 0 saturated carbocycles. The van der Waals surface area contributed by atoms with Gasteiger partial charge in [-0.2, -0.15) is 25.1 Å². The summed E-state index contributed by atoms with van der Waals surface area (Å²) in [7, 11) is 0. The number of rotatable bonds is 5. The second-order valence-electron chi connectivity index (χ2n) is 12.0. The highest BCUT2D eigenvalue weighted by Gasteiger charge is 2.31. The monoisotopic (exact) mass is 587 g/mol. The summed E-state index contributed by atoms with van der Waals surface area (Å²) in [5, 5.41) is 34.9. The van der Waals surface area contributed by atoms with Crippen LogP contribution in [0.3, 0.4) is 0 Å². The highest BCUT2D eigenvalue weighted by atomic mass is 35.5. The Morgan fingerprint density at radius 1 is 0.923 bits per heavy atom. The van der Waals surface area contributed by atoms with Crippen LogP contribution in [-0.2, 0) is 17.4 Å². The number of hydrogen-bond acceptors (Lipinski definition) is 6. The van der Waals surface area contributed by atoms with Crippen LogP contribution < -0.4 is 0 Å². The minimum Gasteiger partial charge on any atom is -0.244 e. The minimum absolute atomic E-state index is 0.208. The van der Waals surface area contributed by atoms with Gasteiger partial charge in [0.15, 0.2) is 17.2 Å². The first-order valence-electron chi connectivity index (χ1n) is 12.6. The van der Waals surface area contributed by atoms with Crippen LogP contribution >= 0.6 is 34.8 Å². The van der Waals surface area contributed by atoms with Gasteiger partial charge in [0.2, 0.25) is 0 Å². The molecule has 9 nitrogen and oxygen atoms in total. The lowest BCUT2D eigenvalue weighted by molar-refractivity contribution is 0.492. The van der Waals surface area contributed by atoms with E-state index in [-0.39, 0.29) is 26.8 Å². The Morgan fingerprint density at radius 3 is 2.03 bits per heavy atom. The molecule has 0 aliphatic heterocycles. The maximum atomic E-state index is 10.2. The number of halogens is 3. The van der Waals surface area contributed by atoms with Crippen LogP contribution in [0.4, 0.5) is 11.5 Å². The van der Waals surface area contributed by atoms with Crippen LogP contribution in [0.1, 0.15) is 78.2 Å². The Morgan fingerprint density at radius 2 is 1.51 bits per heavy atom. The van der Waals surface area contributed by atoms with Gasteiger partial charge < -0.3 is 0 Å². The van der Waals surface area contributed by atoms with Crippen molar-refractivity contribution >= 4 is 52.0 Å². The van der Waals surface area contributed by atoms with Crippen LogP contribution in [0.15, 0.2) is 22.4 Å². The molecule has 0 atom stereocenters. The molecule has 0 radical (unpaired) electrons. The highest BCUT2D eigenvalue weighted by Crippen LogP contribution is 2.41. The molecule has 0 aliphatic carbocycles. The third-order valence-electron chi connectivity index (χ3n) is 6.02. The van der Waals surface area contributed by atoms with E-state index in [1.54, 1.807) is 16.6 Å². The molecule has 0 spiro atoms. The van der Waals surface area contributed by atoms with Crippen LogP contribution in [0, 0.1) is 24.2 Å². The Hall–Kier alpha value is -2.93. The van der Waals surface area contributed by atoms with Gasteiger partial charge in [0.25, 0.3) is 0 Å². The van der Waals surface area contributed by atoms with Crippen molar-refractivity contribution in [2.75, 3.05) is 0 Å². The number of aryl methyl sites for hydroxylation is 1. The largest absolute Gasteiger partial charge is 0.244 e. The summed E-state index contributed by atoms with van der Waals surface area (Å²) in [6, 6.07) is 5.42. The van der Waals surface area contributed by atoms with Gasteiger partial charge in [0, 0.05) is 22.4 Å². The second-order valence-corrected chi connectivity index (χ2v) is 13.3. The van der Waals surface area contributed by atoms with Gasteiger partial charge in [-0.25, -0.2) is 9.36 Å². The molecule has 0 unspecified atom stereocenters. The van der Waals surface area contributed by atoms with Crippen molar-refractivity contribution in [3.8, 4) is 11.8 Å². The molecule has 0 aliphatic rings. The summed E-state index contributed by atoms with van der Waals surface area (Å²) >= 11 is 19.3. The molecule has 39 heavy (non-hydrogen) atoms. The van der Waals surface area contributed by atoms with Gasteiger partial charge in [0.1, 0.15) is 23.1 Å². The standard InChI is InChI=1S/C27H32Cl3N9/c1-14(2)13-37-25-20(23(27(7,8)9)36-38(25)15(3)34-37)32-33-24-17(12-31)22(26(4,5)6)35-39(24)21-18(29)10-16(28)11-19(21)30/h10-11,14H,13H2,1-9H3. The summed E-state index contributed by atoms with van der Waals surface area (Å²) in [6.07, 6.45) is 0. The molecule has 0 amide bonds. The predicted molar refractivity (Wildman–Crippen MR) is 155 cm³/mol. The summed E-state index contributed by atoms with van der Waals surface area (Å²) in [5.41, 5.74) is 2.43. The van der Waals surface area contributed by atoms with Crippen molar-refractivity contribution in [3.63, 3.8) is 0 Å². The van der Waals surface area contributed by atoms with Gasteiger partial charge in [-0.3, -0.25) is 0 Å². The van der Waals surface area contributed by atoms with Gasteiger partial charge >= 0.3 is 0 Å². The molecule has 0 saturated heterocycles. The number of aromatic nitrogens is 6. The van der Waals surface area contributed by atoms with E-state index < -0.39 is 5.41 Å².